The summed E-state index contributed by atoms with van der Waals surface area (Å²) in [4.78, 5) is 12.0. The highest BCUT2D eigenvalue weighted by Gasteiger charge is 2.40. The number of imidazole rings is 1. The number of hydrogen-bond acceptors (Lipinski definition) is 6. The lowest BCUT2D eigenvalue weighted by atomic mass is 9.85. The lowest BCUT2D eigenvalue weighted by molar-refractivity contribution is -0.0765. The van der Waals surface area contributed by atoms with Gasteiger partial charge in [-0.2, -0.15) is 0 Å². The molecule has 0 saturated carbocycles. The molecule has 2 aliphatic heterocycles. The predicted molar refractivity (Wildman–Crippen MR) is 137 cm³/mol. The molecule has 2 aromatic carbocycles. The van der Waals surface area contributed by atoms with Crippen LogP contribution in [0.4, 0.5) is 13.2 Å². The number of nitrogens with zero attached hydrogens (tertiary/aromatic N) is 4. The van der Waals surface area contributed by atoms with Crippen LogP contribution in [0.5, 0.6) is 5.75 Å². The Labute approximate surface area is 219 Å². The number of rotatable bonds is 6. The third kappa shape index (κ3) is 5.13. The molecule has 3 heterocycles. The molecule has 2 aliphatic rings. The molecule has 200 valence electrons. The van der Waals surface area contributed by atoms with E-state index in [9.17, 15) is 13.2 Å². The first-order valence-electron chi connectivity index (χ1n) is 12.4. The second-order valence-corrected chi connectivity index (χ2v) is 9.51. The molecule has 2 atom stereocenters. The first-order valence-corrected chi connectivity index (χ1v) is 12.4. The molecular weight excluding hydrogens is 497 g/mol. The molecule has 0 spiro atoms. The summed E-state index contributed by atoms with van der Waals surface area (Å²) in [5.74, 6) is -2.79. The molecule has 0 bridgehead atoms. The van der Waals surface area contributed by atoms with Crippen molar-refractivity contribution in [3.63, 3.8) is 0 Å². The number of hydrogen-bond donors (Lipinski definition) is 0. The summed E-state index contributed by atoms with van der Waals surface area (Å²) in [5, 5.41) is 4.34. The summed E-state index contributed by atoms with van der Waals surface area (Å²) < 4.78 is 55.2. The van der Waals surface area contributed by atoms with Gasteiger partial charge in [0.2, 0.25) is 0 Å². The smallest absolute Gasteiger partial charge is 0.194 e. The Morgan fingerprint density at radius 1 is 1.05 bits per heavy atom. The zero-order valence-corrected chi connectivity index (χ0v) is 21.4. The van der Waals surface area contributed by atoms with Gasteiger partial charge < -0.3 is 23.8 Å². The van der Waals surface area contributed by atoms with Gasteiger partial charge in [-0.15, -0.1) is 0 Å². The van der Waals surface area contributed by atoms with Crippen molar-refractivity contribution >= 4 is 11.9 Å². The predicted octanol–water partition coefficient (Wildman–Crippen LogP) is 5.43. The molecule has 0 N–H and O–H groups in total. The minimum Gasteiger partial charge on any atom is -0.495 e. The van der Waals surface area contributed by atoms with Crippen molar-refractivity contribution in [3.05, 3.63) is 83.2 Å². The Hall–Kier alpha value is -3.79. The maximum atomic E-state index is 14.2. The van der Waals surface area contributed by atoms with Crippen molar-refractivity contribution in [1.29, 1.82) is 0 Å². The van der Waals surface area contributed by atoms with Gasteiger partial charge >= 0.3 is 0 Å². The van der Waals surface area contributed by atoms with Crippen molar-refractivity contribution < 1.29 is 27.5 Å². The van der Waals surface area contributed by atoms with Crippen LogP contribution in [0.3, 0.4) is 0 Å². The maximum Gasteiger partial charge on any atom is 0.194 e. The van der Waals surface area contributed by atoms with Crippen molar-refractivity contribution in [1.82, 2.24) is 14.5 Å². The fourth-order valence-electron chi connectivity index (χ4n) is 5.03. The van der Waals surface area contributed by atoms with E-state index in [-0.39, 0.29) is 11.5 Å². The summed E-state index contributed by atoms with van der Waals surface area (Å²) in [7, 11) is 3.39. The molecule has 0 radical (unpaired) electrons. The number of aromatic nitrogens is 2. The zero-order chi connectivity index (χ0) is 26.8. The van der Waals surface area contributed by atoms with E-state index in [0.29, 0.717) is 24.8 Å². The maximum absolute atomic E-state index is 14.2. The first-order chi connectivity index (χ1) is 18.4. The number of aryl methyl sites for hydroxylation is 1. The van der Waals surface area contributed by atoms with Gasteiger partial charge in [-0.25, -0.2) is 18.2 Å². The molecule has 3 aromatic rings. The topological polar surface area (TPSA) is 61.1 Å². The molecule has 1 fully saturated rings. The Kier molecular flexibility index (Phi) is 7.42. The quantitative estimate of drug-likeness (QED) is 0.401. The van der Waals surface area contributed by atoms with Crippen molar-refractivity contribution in [2.24, 2.45) is 11.1 Å². The fraction of sp³-hybridized carbons (Fsp3) is 0.357. The minimum absolute atomic E-state index is 0.0604. The summed E-state index contributed by atoms with van der Waals surface area (Å²) in [6.45, 7) is 3.05. The zero-order valence-electron chi connectivity index (χ0n) is 21.4. The Morgan fingerprint density at radius 3 is 2.45 bits per heavy atom. The Balaban J connectivity index is 1.45. The van der Waals surface area contributed by atoms with Crippen LogP contribution < -0.4 is 4.74 Å². The average molecular weight is 527 g/mol. The molecule has 2 unspecified atom stereocenters. The number of ether oxygens (including phenoxy) is 2. The lowest BCUT2D eigenvalue weighted by Gasteiger charge is -2.42. The molecule has 1 saturated heterocycles. The van der Waals surface area contributed by atoms with E-state index >= 15 is 0 Å². The van der Waals surface area contributed by atoms with Crippen molar-refractivity contribution in [2.45, 2.75) is 31.9 Å². The highest BCUT2D eigenvalue weighted by atomic mass is 19.2. The Bertz CT molecular complexity index is 1340. The second-order valence-electron chi connectivity index (χ2n) is 9.51. The van der Waals surface area contributed by atoms with Gasteiger partial charge in [-0.05, 0) is 61.2 Å². The highest BCUT2D eigenvalue weighted by Crippen LogP contribution is 2.38. The third-order valence-corrected chi connectivity index (χ3v) is 7.05. The first kappa shape index (κ1) is 25.8. The molecule has 5 rings (SSSR count). The van der Waals surface area contributed by atoms with Crippen molar-refractivity contribution in [3.8, 4) is 11.4 Å². The normalized spacial score (nSPS) is 20.5. The molecule has 1 aromatic heterocycles. The van der Waals surface area contributed by atoms with Crippen LogP contribution in [-0.2, 0) is 9.57 Å². The van der Waals surface area contributed by atoms with Crippen LogP contribution in [0, 0.1) is 30.3 Å². The minimum atomic E-state index is -1.49. The van der Waals surface area contributed by atoms with E-state index in [4.69, 9.17) is 14.3 Å². The number of benzene rings is 2. The molecule has 0 aliphatic carbocycles. The van der Waals surface area contributed by atoms with Gasteiger partial charge in [0, 0.05) is 32.4 Å². The van der Waals surface area contributed by atoms with E-state index in [1.54, 1.807) is 26.6 Å². The van der Waals surface area contributed by atoms with E-state index in [0.717, 1.165) is 41.9 Å². The number of amidine groups is 1. The number of halogens is 3. The highest BCUT2D eigenvalue weighted by molar-refractivity contribution is 5.96. The monoisotopic (exact) mass is 526 g/mol. The SMILES string of the molecule is COc1cc(C=CC2=NOC(C3CCOCC3)C(c3cc(F)c(F)c(F)c3)N2C)ccc1-n1cnc(C)c1. The van der Waals surface area contributed by atoms with Crippen LogP contribution in [0.15, 0.2) is 54.1 Å². The number of likely N-dealkylation sites (N-methyl/N-ethyl adjacent to an activating group) is 1. The third-order valence-electron chi connectivity index (χ3n) is 7.05. The Morgan fingerprint density at radius 2 is 1.79 bits per heavy atom. The van der Waals surface area contributed by atoms with Crippen LogP contribution in [0.2, 0.25) is 0 Å². The summed E-state index contributed by atoms with van der Waals surface area (Å²) >= 11 is 0. The molecule has 38 heavy (non-hydrogen) atoms. The summed E-state index contributed by atoms with van der Waals surface area (Å²) in [6, 6.07) is 7.23. The van der Waals surface area contributed by atoms with Crippen LogP contribution in [0.1, 0.15) is 35.7 Å². The second kappa shape index (κ2) is 10.9. The van der Waals surface area contributed by atoms with Gasteiger partial charge in [0.1, 0.15) is 5.75 Å². The van der Waals surface area contributed by atoms with E-state index in [1.165, 1.54) is 0 Å². The molecule has 7 nitrogen and oxygen atoms in total. The van der Waals surface area contributed by atoms with E-state index < -0.39 is 29.6 Å². The van der Waals surface area contributed by atoms with Crippen LogP contribution >= 0.6 is 0 Å². The van der Waals surface area contributed by atoms with E-state index in [1.807, 2.05) is 46.9 Å². The van der Waals surface area contributed by atoms with Gasteiger partial charge in [-0.3, -0.25) is 0 Å². The van der Waals surface area contributed by atoms with Crippen molar-refractivity contribution in [2.75, 3.05) is 27.4 Å². The van der Waals surface area contributed by atoms with Gasteiger partial charge in [-0.1, -0.05) is 17.3 Å². The van der Waals surface area contributed by atoms with Crippen LogP contribution in [-0.4, -0.2) is 53.8 Å². The number of oxime groups is 1. The lowest BCUT2D eigenvalue weighted by Crippen LogP contribution is -2.46. The van der Waals surface area contributed by atoms with Gasteiger partial charge in [0.25, 0.3) is 0 Å². The van der Waals surface area contributed by atoms with Crippen LogP contribution in [0.25, 0.3) is 11.8 Å². The largest absolute Gasteiger partial charge is 0.495 e. The molecule has 0 amide bonds. The molecular formula is C28H29F3N4O3. The van der Waals surface area contributed by atoms with E-state index in [2.05, 4.69) is 10.1 Å². The standard InChI is InChI=1S/C28H29F3N4O3/c1-17-15-35(16-32-17)23-6-4-18(12-24(23)36-3)5-7-25-33-38-28(19-8-10-37-11-9-19)27(34(25)2)20-13-21(29)26(31)22(30)14-20/h4-7,12-16,19,27-28H,8-11H2,1-3H3. The average Bonchev–Trinajstić information content (AvgIpc) is 3.36. The summed E-state index contributed by atoms with van der Waals surface area (Å²) in [6.07, 6.45) is 8.22. The summed E-state index contributed by atoms with van der Waals surface area (Å²) in [5.41, 5.74) is 2.87. The fourth-order valence-corrected chi connectivity index (χ4v) is 5.03. The van der Waals surface area contributed by atoms with Gasteiger partial charge in [0.05, 0.1) is 30.9 Å². The van der Waals surface area contributed by atoms with Gasteiger partial charge in [0.15, 0.2) is 29.4 Å². The molecule has 10 heteroatoms. The number of methoxy groups -OCH3 is 1.